The Hall–Kier alpha value is 0.819. The van der Waals surface area contributed by atoms with E-state index in [1.165, 1.54) is 0 Å². The Morgan fingerprint density at radius 3 is 1.15 bits per heavy atom. The fraction of sp³-hybridized carbons (Fsp3) is 1.00. The van der Waals surface area contributed by atoms with Gasteiger partial charge >= 0.3 is 17.1 Å². The van der Waals surface area contributed by atoms with Crippen LogP contribution in [0.2, 0.25) is 0 Å². The summed E-state index contributed by atoms with van der Waals surface area (Å²) in [6.07, 6.45) is 12.3. The molecule has 0 aromatic rings. The molecule has 0 N–H and O–H groups in total. The smallest absolute Gasteiger partial charge is 0.778 e. The Morgan fingerprint density at radius 1 is 0.606 bits per heavy atom. The first-order chi connectivity index (χ1) is 15.1. The van der Waals surface area contributed by atoms with Gasteiger partial charge in [-0.2, -0.15) is 0 Å². The molecule has 0 rings (SSSR count). The average Bonchev–Trinajstić information content (AvgIpc) is 2.74. The first-order valence-electron chi connectivity index (χ1n) is 13.0. The van der Waals surface area contributed by atoms with Crippen LogP contribution in [-0.4, -0.2) is 25.5 Å². The van der Waals surface area contributed by atoms with E-state index in [1.807, 2.05) is 27.7 Å². The zero-order chi connectivity index (χ0) is 24.9. The summed E-state index contributed by atoms with van der Waals surface area (Å²) in [5, 5.41) is 0. The van der Waals surface area contributed by atoms with E-state index in [0.717, 1.165) is 77.0 Å². The summed E-state index contributed by atoms with van der Waals surface area (Å²) in [5.74, 6) is 0.537. The summed E-state index contributed by atoms with van der Waals surface area (Å²) in [7, 11) is -7.17. The summed E-state index contributed by atoms with van der Waals surface area (Å²) in [4.78, 5) is 23.3. The van der Waals surface area contributed by atoms with Gasteiger partial charge in [0.05, 0.1) is 13.2 Å². The number of rotatable bonds is 20. The number of hydrogen-bond donors (Lipinski definition) is 0. The van der Waals surface area contributed by atoms with E-state index in [2.05, 4.69) is 13.8 Å². The van der Waals surface area contributed by atoms with Crippen LogP contribution in [0.5, 0.6) is 0 Å². The average molecular weight is 554 g/mol. The zero-order valence-corrected chi connectivity index (χ0v) is 25.1. The molecule has 0 spiro atoms. The minimum Gasteiger partial charge on any atom is -0.778 e. The third-order valence-electron chi connectivity index (χ3n) is 5.62. The van der Waals surface area contributed by atoms with Crippen molar-refractivity contribution in [3.05, 3.63) is 0 Å². The molecule has 0 bridgehead atoms. The molecule has 6 nitrogen and oxygen atoms in total. The van der Waals surface area contributed by atoms with Crippen molar-refractivity contribution < 1.29 is 45.0 Å². The molecule has 0 aliphatic carbocycles. The summed E-state index contributed by atoms with van der Waals surface area (Å²) in [6, 6.07) is 0. The Kier molecular flexibility index (Phi) is 28.5. The largest absolute Gasteiger partial charge is 2.00 e. The van der Waals surface area contributed by atoms with Gasteiger partial charge in [0.25, 0.3) is 0 Å². The molecule has 4 unspecified atom stereocenters. The maximum atomic E-state index is 11.6. The standard InChI is InChI=1S/2C12H27O3P.Fe/c2*1-4-7-9-12(6-3)11-16(13,14)15-10-8-5-2;/h2*12H,4-11H2,1-3H3,(H,13,14);/q;;+2/p-2. The molecule has 9 heteroatoms. The first-order valence-corrected chi connectivity index (χ1v) is 16.5. The van der Waals surface area contributed by atoms with Crippen LogP contribution in [0.4, 0.5) is 0 Å². The SMILES string of the molecule is CCCCOP(=O)([O-])CC(CC)CCCC.CCCCOP(=O)([O-])CC(CC)CCCC.[Fe+2]. The van der Waals surface area contributed by atoms with Crippen molar-refractivity contribution in [2.24, 2.45) is 11.8 Å². The van der Waals surface area contributed by atoms with E-state index in [0.29, 0.717) is 13.2 Å². The molecule has 0 aliphatic rings. The predicted octanol–water partition coefficient (Wildman–Crippen LogP) is 7.14. The fourth-order valence-electron chi connectivity index (χ4n) is 3.27. The van der Waals surface area contributed by atoms with Gasteiger partial charge in [0.15, 0.2) is 0 Å². The molecule has 0 aromatic heterocycles. The Balaban J connectivity index is -0.000000529. The third-order valence-corrected chi connectivity index (χ3v) is 8.70. The van der Waals surface area contributed by atoms with Gasteiger partial charge in [0.1, 0.15) is 15.2 Å². The van der Waals surface area contributed by atoms with Crippen molar-refractivity contribution in [1.29, 1.82) is 0 Å². The zero-order valence-electron chi connectivity index (χ0n) is 22.2. The Bertz CT molecular complexity index is 463. The molecular formula is C24H52FeO6P2. The summed E-state index contributed by atoms with van der Waals surface area (Å²) in [5.41, 5.74) is 0. The van der Waals surface area contributed by atoms with Crippen LogP contribution in [0.1, 0.15) is 119 Å². The summed E-state index contributed by atoms with van der Waals surface area (Å²) in [6.45, 7) is 13.1. The van der Waals surface area contributed by atoms with Crippen LogP contribution < -0.4 is 9.79 Å². The van der Waals surface area contributed by atoms with E-state index in [9.17, 15) is 18.9 Å². The van der Waals surface area contributed by atoms with Crippen molar-refractivity contribution in [2.75, 3.05) is 25.5 Å². The minimum atomic E-state index is -3.59. The van der Waals surface area contributed by atoms with Crippen LogP contribution >= 0.6 is 15.2 Å². The molecule has 0 aromatic carbocycles. The van der Waals surface area contributed by atoms with Gasteiger partial charge in [0.2, 0.25) is 0 Å². The van der Waals surface area contributed by atoms with Crippen molar-refractivity contribution in [2.45, 2.75) is 119 Å². The molecule has 0 saturated carbocycles. The topological polar surface area (TPSA) is 98.7 Å². The predicted molar refractivity (Wildman–Crippen MR) is 133 cm³/mol. The molecular weight excluding hydrogens is 502 g/mol. The molecule has 0 aliphatic heterocycles. The van der Waals surface area contributed by atoms with Gasteiger partial charge < -0.3 is 28.0 Å². The van der Waals surface area contributed by atoms with E-state index in [4.69, 9.17) is 9.05 Å². The van der Waals surface area contributed by atoms with E-state index in [-0.39, 0.29) is 41.2 Å². The molecule has 202 valence electrons. The van der Waals surface area contributed by atoms with E-state index >= 15 is 0 Å². The van der Waals surface area contributed by atoms with Gasteiger partial charge in [-0.05, 0) is 37.5 Å². The van der Waals surface area contributed by atoms with Gasteiger partial charge in [-0.1, -0.05) is 92.9 Å². The monoisotopic (exact) mass is 554 g/mol. The van der Waals surface area contributed by atoms with Crippen molar-refractivity contribution >= 4 is 15.2 Å². The normalized spacial score (nSPS) is 16.5. The maximum Gasteiger partial charge on any atom is 2.00 e. The fourth-order valence-corrected chi connectivity index (χ4v) is 6.44. The molecule has 33 heavy (non-hydrogen) atoms. The van der Waals surface area contributed by atoms with Gasteiger partial charge in [-0.25, -0.2) is 0 Å². The molecule has 0 fully saturated rings. The van der Waals surface area contributed by atoms with Crippen LogP contribution in [0.15, 0.2) is 0 Å². The van der Waals surface area contributed by atoms with Crippen molar-refractivity contribution in [3.63, 3.8) is 0 Å². The number of unbranched alkanes of at least 4 members (excludes halogenated alkanes) is 4. The van der Waals surface area contributed by atoms with Crippen LogP contribution in [0.3, 0.4) is 0 Å². The first kappa shape index (κ1) is 38.4. The third kappa shape index (κ3) is 25.7. The second-order valence-electron chi connectivity index (χ2n) is 8.79. The molecule has 0 amide bonds. The Labute approximate surface area is 215 Å². The summed E-state index contributed by atoms with van der Waals surface area (Å²) >= 11 is 0. The van der Waals surface area contributed by atoms with Crippen LogP contribution in [0, 0.1) is 11.8 Å². The quantitative estimate of drug-likeness (QED) is 0.0901. The molecule has 4 atom stereocenters. The molecule has 0 heterocycles. The minimum absolute atomic E-state index is 0. The van der Waals surface area contributed by atoms with E-state index in [1.54, 1.807) is 0 Å². The maximum absolute atomic E-state index is 11.6. The number of hydrogen-bond acceptors (Lipinski definition) is 6. The molecule has 0 saturated heterocycles. The summed E-state index contributed by atoms with van der Waals surface area (Å²) < 4.78 is 33.3. The van der Waals surface area contributed by atoms with Gasteiger partial charge in [0, 0.05) is 12.3 Å². The van der Waals surface area contributed by atoms with Gasteiger partial charge in [-0.15, -0.1) is 0 Å². The Morgan fingerprint density at radius 2 is 0.909 bits per heavy atom. The second kappa shape index (κ2) is 24.5. The molecule has 0 radical (unpaired) electrons. The van der Waals surface area contributed by atoms with Crippen molar-refractivity contribution in [1.82, 2.24) is 0 Å². The van der Waals surface area contributed by atoms with Gasteiger partial charge in [-0.3, -0.25) is 0 Å². The van der Waals surface area contributed by atoms with Crippen LogP contribution in [0.25, 0.3) is 0 Å². The van der Waals surface area contributed by atoms with Crippen LogP contribution in [-0.2, 0) is 35.2 Å². The van der Waals surface area contributed by atoms with Crippen molar-refractivity contribution in [3.8, 4) is 0 Å². The second-order valence-corrected chi connectivity index (χ2v) is 12.5. The van der Waals surface area contributed by atoms with E-state index < -0.39 is 15.2 Å².